The minimum Gasteiger partial charge on any atom is -0.495 e. The number of hydrogen-bond donors (Lipinski definition) is 2. The Morgan fingerprint density at radius 3 is 2.45 bits per heavy atom. The molecule has 1 fully saturated rings. The maximum absolute atomic E-state index is 13.3. The van der Waals surface area contributed by atoms with Crippen LogP contribution >= 0.6 is 0 Å². The number of carbonyl (C=O) groups is 4. The van der Waals surface area contributed by atoms with Crippen LogP contribution in [0.15, 0.2) is 91.3 Å². The molecule has 1 saturated heterocycles. The second kappa shape index (κ2) is 13.3. The highest BCUT2D eigenvalue weighted by molar-refractivity contribution is 6.04. The number of aliphatic carboxylic acids is 1. The van der Waals surface area contributed by atoms with E-state index in [-0.39, 0.29) is 43.3 Å². The molecule has 2 aliphatic heterocycles. The number of fused-ring (bicyclic) bond motifs is 1. The van der Waals surface area contributed by atoms with Gasteiger partial charge >= 0.3 is 12.0 Å². The van der Waals surface area contributed by atoms with Crippen molar-refractivity contribution in [2.75, 3.05) is 48.9 Å². The molecule has 0 aliphatic carbocycles. The van der Waals surface area contributed by atoms with Crippen LogP contribution < -0.4 is 19.9 Å². The third-order valence-electron chi connectivity index (χ3n) is 8.93. The Labute approximate surface area is 272 Å². The lowest BCUT2D eigenvalue weighted by atomic mass is 9.89. The van der Waals surface area contributed by atoms with Gasteiger partial charge < -0.3 is 25.0 Å². The summed E-state index contributed by atoms with van der Waals surface area (Å²) in [5.74, 6) is -2.04. The minimum absolute atomic E-state index is 0.0954. The number of likely N-dealkylation sites (tertiary alicyclic amines) is 1. The summed E-state index contributed by atoms with van der Waals surface area (Å²) >= 11 is 0. The van der Waals surface area contributed by atoms with E-state index in [1.165, 1.54) is 19.5 Å². The Bertz CT molecular complexity index is 1810. The van der Waals surface area contributed by atoms with Gasteiger partial charge in [0.1, 0.15) is 5.75 Å². The van der Waals surface area contributed by atoms with E-state index in [0.29, 0.717) is 34.8 Å². The van der Waals surface area contributed by atoms with Crippen molar-refractivity contribution in [1.29, 1.82) is 0 Å². The number of benzene rings is 3. The topological polar surface area (TPSA) is 132 Å². The summed E-state index contributed by atoms with van der Waals surface area (Å²) in [5, 5.41) is 12.9. The lowest BCUT2D eigenvalue weighted by Crippen LogP contribution is -2.33. The van der Waals surface area contributed by atoms with Crippen molar-refractivity contribution in [1.82, 2.24) is 9.88 Å². The number of carboxylic acids is 1. The third-order valence-corrected chi connectivity index (χ3v) is 8.93. The summed E-state index contributed by atoms with van der Waals surface area (Å²) in [6.07, 6.45) is 3.96. The van der Waals surface area contributed by atoms with Crippen LogP contribution in [0, 0.1) is 5.92 Å². The van der Waals surface area contributed by atoms with Crippen LogP contribution in [-0.4, -0.2) is 72.6 Å². The number of nitrogens with one attached hydrogen (secondary N) is 1. The number of nitrogens with zero attached hydrogens (tertiary/aromatic N) is 4. The predicted molar refractivity (Wildman–Crippen MR) is 177 cm³/mol. The second-order valence-corrected chi connectivity index (χ2v) is 11.7. The highest BCUT2D eigenvalue weighted by atomic mass is 16.5. The first kappa shape index (κ1) is 31.3. The van der Waals surface area contributed by atoms with Crippen LogP contribution in [-0.2, 0) is 22.4 Å². The number of carboxylic acid groups (broad SMARTS) is 1. The number of amides is 4. The number of aromatic nitrogens is 1. The number of para-hydroxylation sites is 1. The predicted octanol–water partition coefficient (Wildman–Crippen LogP) is 4.83. The third kappa shape index (κ3) is 6.51. The first-order chi connectivity index (χ1) is 22.7. The normalized spacial score (nSPS) is 16.8. The van der Waals surface area contributed by atoms with E-state index in [4.69, 9.17) is 4.74 Å². The van der Waals surface area contributed by atoms with Gasteiger partial charge in [-0.05, 0) is 65.6 Å². The van der Waals surface area contributed by atoms with Gasteiger partial charge in [0, 0.05) is 61.9 Å². The fourth-order valence-electron chi connectivity index (χ4n) is 6.30. The molecule has 11 nitrogen and oxygen atoms in total. The lowest BCUT2D eigenvalue weighted by Gasteiger charge is -2.21. The smallest absolute Gasteiger partial charge is 0.326 e. The first-order valence-electron chi connectivity index (χ1n) is 15.4. The van der Waals surface area contributed by atoms with Gasteiger partial charge in [0.2, 0.25) is 5.91 Å². The Balaban J connectivity index is 1.10. The number of hydrogen-bond acceptors (Lipinski definition) is 6. The van der Waals surface area contributed by atoms with Crippen LogP contribution in [0.1, 0.15) is 33.0 Å². The zero-order valence-electron chi connectivity index (χ0n) is 26.1. The Morgan fingerprint density at radius 1 is 0.979 bits per heavy atom. The number of methoxy groups -OCH3 is 1. The molecule has 2 atom stereocenters. The van der Waals surface area contributed by atoms with Gasteiger partial charge in [0.15, 0.2) is 0 Å². The van der Waals surface area contributed by atoms with Gasteiger partial charge in [-0.3, -0.25) is 24.3 Å². The molecule has 3 aromatic carbocycles. The van der Waals surface area contributed by atoms with E-state index in [1.807, 2.05) is 36.4 Å². The fraction of sp³-hybridized carbons (Fsp3) is 0.250. The molecule has 0 radical (unpaired) electrons. The van der Waals surface area contributed by atoms with E-state index in [1.54, 1.807) is 64.2 Å². The maximum atomic E-state index is 13.3. The molecule has 240 valence electrons. The number of rotatable bonds is 8. The molecule has 0 bridgehead atoms. The van der Waals surface area contributed by atoms with Crippen molar-refractivity contribution in [3.63, 3.8) is 0 Å². The lowest BCUT2D eigenvalue weighted by molar-refractivity contribution is -0.141. The molecule has 2 N–H and O–H groups in total. The molecule has 47 heavy (non-hydrogen) atoms. The van der Waals surface area contributed by atoms with Gasteiger partial charge in [-0.2, -0.15) is 0 Å². The number of urea groups is 1. The summed E-state index contributed by atoms with van der Waals surface area (Å²) in [5.41, 5.74) is 5.15. The minimum atomic E-state index is -0.959. The summed E-state index contributed by atoms with van der Waals surface area (Å²) in [6.45, 7) is 0.980. The molecule has 2 unspecified atom stereocenters. The molecule has 2 aliphatic rings. The van der Waals surface area contributed by atoms with E-state index in [0.717, 1.165) is 23.2 Å². The Hall–Kier alpha value is -5.71. The SMILES string of the molecule is COc1cc(CC(=O)N(C)c2ccc(C3CN(C(=O)c4ccncc4)CC3C(=O)O)cc2)ccc1NC(=O)N1CCc2ccccc21. The largest absolute Gasteiger partial charge is 0.495 e. The van der Waals surface area contributed by atoms with Crippen molar-refractivity contribution in [3.8, 4) is 5.75 Å². The highest BCUT2D eigenvalue weighted by Crippen LogP contribution is 2.35. The number of carbonyl (C=O) groups excluding carboxylic acids is 3. The summed E-state index contributed by atoms with van der Waals surface area (Å²) in [6, 6.07) is 23.3. The Kier molecular flexibility index (Phi) is 8.88. The second-order valence-electron chi connectivity index (χ2n) is 11.7. The van der Waals surface area contributed by atoms with E-state index in [2.05, 4.69) is 10.3 Å². The number of likely N-dealkylation sites (N-methyl/N-ethyl adjacent to an activating group) is 1. The molecule has 11 heteroatoms. The number of pyridine rings is 1. The van der Waals surface area contributed by atoms with Crippen molar-refractivity contribution < 1.29 is 29.0 Å². The standard InChI is InChI=1S/C36H35N5O6/c1-39(27-10-8-24(9-11-27)28-21-40(22-29(28)35(44)45)34(43)26-13-16-37-17-14-26)33(42)20-23-7-12-30(32(19-23)47-2)38-36(46)41-18-15-25-5-3-4-6-31(25)41/h3-14,16-17,19,28-29H,15,18,20-22H2,1-2H3,(H,38,46)(H,44,45). The van der Waals surface area contributed by atoms with Crippen LogP contribution in [0.3, 0.4) is 0 Å². The quantitative estimate of drug-likeness (QED) is 0.284. The average molecular weight is 634 g/mol. The van der Waals surface area contributed by atoms with Gasteiger partial charge in [0.05, 0.1) is 25.1 Å². The van der Waals surface area contributed by atoms with Gasteiger partial charge in [-0.1, -0.05) is 36.4 Å². The number of anilines is 3. The van der Waals surface area contributed by atoms with Crippen LogP contribution in [0.4, 0.5) is 21.9 Å². The fourth-order valence-corrected chi connectivity index (χ4v) is 6.30. The molecule has 1 aromatic heterocycles. The molecular weight excluding hydrogens is 598 g/mol. The maximum Gasteiger partial charge on any atom is 0.326 e. The van der Waals surface area contributed by atoms with Crippen LogP contribution in [0.25, 0.3) is 0 Å². The highest BCUT2D eigenvalue weighted by Gasteiger charge is 2.40. The van der Waals surface area contributed by atoms with Crippen LogP contribution in [0.5, 0.6) is 5.75 Å². The average Bonchev–Trinajstić information content (AvgIpc) is 3.74. The van der Waals surface area contributed by atoms with Crippen molar-refractivity contribution in [3.05, 3.63) is 114 Å². The summed E-state index contributed by atoms with van der Waals surface area (Å²) < 4.78 is 5.55. The zero-order chi connectivity index (χ0) is 33.1. The van der Waals surface area contributed by atoms with E-state index < -0.39 is 11.9 Å². The molecule has 4 amide bonds. The van der Waals surface area contributed by atoms with Crippen molar-refractivity contribution >= 4 is 40.9 Å². The molecule has 0 spiro atoms. The molecule has 6 rings (SSSR count). The summed E-state index contributed by atoms with van der Waals surface area (Å²) in [4.78, 5) is 60.2. The van der Waals surface area contributed by atoms with Gasteiger partial charge in [0.25, 0.3) is 5.91 Å². The summed E-state index contributed by atoms with van der Waals surface area (Å²) in [7, 11) is 3.20. The number of ether oxygens (including phenoxy) is 1. The van der Waals surface area contributed by atoms with Crippen molar-refractivity contribution in [2.24, 2.45) is 5.92 Å². The molecular formula is C36H35N5O6. The molecule has 3 heterocycles. The van der Waals surface area contributed by atoms with E-state index in [9.17, 15) is 24.3 Å². The monoisotopic (exact) mass is 633 g/mol. The van der Waals surface area contributed by atoms with Gasteiger partial charge in [-0.25, -0.2) is 4.79 Å². The molecule has 0 saturated carbocycles. The zero-order valence-corrected chi connectivity index (χ0v) is 26.1. The molecule has 4 aromatic rings. The van der Waals surface area contributed by atoms with E-state index >= 15 is 0 Å². The Morgan fingerprint density at radius 2 is 1.72 bits per heavy atom. The van der Waals surface area contributed by atoms with Gasteiger partial charge in [-0.15, -0.1) is 0 Å². The van der Waals surface area contributed by atoms with Crippen molar-refractivity contribution in [2.45, 2.75) is 18.8 Å². The first-order valence-corrected chi connectivity index (χ1v) is 15.4. The van der Waals surface area contributed by atoms with Crippen LogP contribution in [0.2, 0.25) is 0 Å².